The van der Waals surface area contributed by atoms with Crippen LogP contribution in [-0.2, 0) is 19.4 Å². The van der Waals surface area contributed by atoms with Crippen LogP contribution in [0.1, 0.15) is 70.2 Å². The Morgan fingerprint density at radius 2 is 1.91 bits per heavy atom. The first-order valence-corrected chi connectivity index (χ1v) is 12.1. The lowest BCUT2D eigenvalue weighted by molar-refractivity contribution is 0.255. The van der Waals surface area contributed by atoms with Crippen molar-refractivity contribution in [3.63, 3.8) is 0 Å². The van der Waals surface area contributed by atoms with Crippen molar-refractivity contribution in [3.8, 4) is 5.75 Å². The molecule has 0 saturated heterocycles. The minimum atomic E-state index is -0.501. The third kappa shape index (κ3) is 5.14. The van der Waals surface area contributed by atoms with Crippen molar-refractivity contribution in [3.05, 3.63) is 85.1 Å². The smallest absolute Gasteiger partial charge is 0.343 e. The molecule has 0 unspecified atom stereocenters. The fourth-order valence-corrected chi connectivity index (χ4v) is 5.52. The van der Waals surface area contributed by atoms with E-state index in [-0.39, 0.29) is 36.4 Å². The van der Waals surface area contributed by atoms with Crippen molar-refractivity contribution in [2.75, 3.05) is 6.61 Å². The van der Waals surface area contributed by atoms with E-state index in [2.05, 4.69) is 0 Å². The highest BCUT2D eigenvalue weighted by Crippen LogP contribution is 2.44. The van der Waals surface area contributed by atoms with Crippen molar-refractivity contribution in [2.24, 2.45) is 5.92 Å². The summed E-state index contributed by atoms with van der Waals surface area (Å²) in [7, 11) is 0. The van der Waals surface area contributed by atoms with Gasteiger partial charge >= 0.3 is 5.63 Å². The molecular weight excluding hydrogens is 424 g/mol. The minimum Gasteiger partial charge on any atom is -0.507 e. The maximum Gasteiger partial charge on any atom is 0.343 e. The molecule has 2 atom stereocenters. The highest BCUT2D eigenvalue weighted by molar-refractivity contribution is 7.12. The number of benzene rings is 1. The molecule has 0 bridgehead atoms. The van der Waals surface area contributed by atoms with Gasteiger partial charge in [0.15, 0.2) is 0 Å². The van der Waals surface area contributed by atoms with Gasteiger partial charge in [0.05, 0.1) is 18.8 Å². The Labute approximate surface area is 192 Å². The van der Waals surface area contributed by atoms with E-state index in [1.807, 2.05) is 43.3 Å². The lowest BCUT2D eigenvalue weighted by Crippen LogP contribution is -2.12. The first-order chi connectivity index (χ1) is 15.5. The molecule has 1 aliphatic rings. The van der Waals surface area contributed by atoms with Gasteiger partial charge in [-0.2, -0.15) is 0 Å². The maximum absolute atomic E-state index is 12.8. The van der Waals surface area contributed by atoms with Crippen LogP contribution in [0.5, 0.6) is 5.75 Å². The van der Waals surface area contributed by atoms with E-state index in [0.717, 1.165) is 40.1 Å². The van der Waals surface area contributed by atoms with Gasteiger partial charge in [0.2, 0.25) is 0 Å². The van der Waals surface area contributed by atoms with E-state index in [1.165, 1.54) is 0 Å². The van der Waals surface area contributed by atoms with Crippen LogP contribution in [0.25, 0.3) is 0 Å². The fourth-order valence-electron chi connectivity index (χ4n) is 4.31. The van der Waals surface area contributed by atoms with Crippen LogP contribution in [0.4, 0.5) is 0 Å². The first kappa shape index (κ1) is 22.8. The highest BCUT2D eigenvalue weighted by atomic mass is 32.1. The van der Waals surface area contributed by atoms with Crippen molar-refractivity contribution in [2.45, 2.75) is 57.5 Å². The van der Waals surface area contributed by atoms with Crippen LogP contribution in [0.15, 0.2) is 51.7 Å². The van der Waals surface area contributed by atoms with E-state index in [0.29, 0.717) is 24.5 Å². The summed E-state index contributed by atoms with van der Waals surface area (Å²) in [6, 6.07) is 13.3. The van der Waals surface area contributed by atoms with Crippen LogP contribution in [0.3, 0.4) is 0 Å². The molecule has 1 aliphatic carbocycles. The molecule has 2 aromatic heterocycles. The van der Waals surface area contributed by atoms with Crippen LogP contribution < -0.4 is 5.63 Å². The van der Waals surface area contributed by atoms with Gasteiger partial charge in [-0.15, -0.1) is 11.3 Å². The van der Waals surface area contributed by atoms with Gasteiger partial charge in [-0.1, -0.05) is 31.2 Å². The Morgan fingerprint density at radius 3 is 2.56 bits per heavy atom. The molecule has 1 saturated carbocycles. The predicted octanol–water partition coefficient (Wildman–Crippen LogP) is 4.71. The monoisotopic (exact) mass is 454 g/mol. The topological polar surface area (TPSA) is 90.9 Å². The van der Waals surface area contributed by atoms with Crippen molar-refractivity contribution in [1.82, 2.24) is 0 Å². The molecule has 3 N–H and O–H groups in total. The summed E-state index contributed by atoms with van der Waals surface area (Å²) >= 11 is 1.59. The third-order valence-corrected chi connectivity index (χ3v) is 7.60. The highest BCUT2D eigenvalue weighted by Gasteiger charge is 2.32. The summed E-state index contributed by atoms with van der Waals surface area (Å²) in [5, 5.41) is 29.7. The second kappa shape index (κ2) is 10.0. The Bertz CT molecular complexity index is 1110. The van der Waals surface area contributed by atoms with E-state index < -0.39 is 5.63 Å². The Hall–Kier alpha value is -2.41. The number of aromatic hydroxyl groups is 1. The average Bonchev–Trinajstić information content (AvgIpc) is 3.53. The fraction of sp³-hybridized carbons (Fsp3) is 0.423. The van der Waals surface area contributed by atoms with Crippen molar-refractivity contribution >= 4 is 11.3 Å². The number of rotatable bonds is 10. The standard InChI is InChI=1S/C26H30O5S/c1-2-18(11-16-4-3-5-17(10-16)14-27)24-13-23(29)21(26(30)31-24)12-20-8-9-25(32-20)22(15-28)19-6-7-19/h3-5,8-10,13,18-19,22,27-29H,2,6-7,11-12,14-15H2,1H3/t18-,22-/m1/s1. The molecule has 32 heavy (non-hydrogen) atoms. The number of hydrogen-bond acceptors (Lipinski definition) is 6. The number of aliphatic hydroxyl groups excluding tert-OH is 2. The van der Waals surface area contributed by atoms with Gasteiger partial charge in [0.25, 0.3) is 0 Å². The van der Waals surface area contributed by atoms with E-state index in [4.69, 9.17) is 4.42 Å². The molecule has 1 fully saturated rings. The van der Waals surface area contributed by atoms with Gasteiger partial charge in [0.1, 0.15) is 11.5 Å². The maximum atomic E-state index is 12.8. The molecule has 0 aliphatic heterocycles. The normalized spacial score (nSPS) is 15.6. The second-order valence-corrected chi connectivity index (χ2v) is 9.89. The molecule has 170 valence electrons. The quantitative estimate of drug-likeness (QED) is 0.413. The Balaban J connectivity index is 1.52. The average molecular weight is 455 g/mol. The van der Waals surface area contributed by atoms with Crippen LogP contribution >= 0.6 is 11.3 Å². The zero-order valence-corrected chi connectivity index (χ0v) is 19.1. The third-order valence-electron chi connectivity index (χ3n) is 6.38. The zero-order valence-electron chi connectivity index (χ0n) is 18.3. The number of thiophene rings is 1. The van der Waals surface area contributed by atoms with E-state index >= 15 is 0 Å². The molecular formula is C26H30O5S. The van der Waals surface area contributed by atoms with Crippen molar-refractivity contribution < 1.29 is 19.7 Å². The molecule has 5 nitrogen and oxygen atoms in total. The molecule has 3 aromatic rings. The summed E-state index contributed by atoms with van der Waals surface area (Å²) in [5.74, 6) is 1.14. The molecule has 6 heteroatoms. The van der Waals surface area contributed by atoms with E-state index in [1.54, 1.807) is 17.4 Å². The van der Waals surface area contributed by atoms with Gasteiger partial charge in [-0.3, -0.25) is 0 Å². The number of hydrogen-bond donors (Lipinski definition) is 3. The summed E-state index contributed by atoms with van der Waals surface area (Å²) in [4.78, 5) is 14.9. The molecule has 0 amide bonds. The summed E-state index contributed by atoms with van der Waals surface area (Å²) in [6.07, 6.45) is 4.05. The van der Waals surface area contributed by atoms with Crippen LogP contribution in [0, 0.1) is 5.92 Å². The Kier molecular flexibility index (Phi) is 7.13. The van der Waals surface area contributed by atoms with Gasteiger partial charge < -0.3 is 19.7 Å². The van der Waals surface area contributed by atoms with E-state index in [9.17, 15) is 20.1 Å². The zero-order chi connectivity index (χ0) is 22.7. The minimum absolute atomic E-state index is 0.0145. The Morgan fingerprint density at radius 1 is 1.12 bits per heavy atom. The van der Waals surface area contributed by atoms with Crippen LogP contribution in [0.2, 0.25) is 0 Å². The first-order valence-electron chi connectivity index (χ1n) is 11.3. The number of aliphatic hydroxyl groups is 2. The SMILES string of the molecule is CC[C@H](Cc1cccc(CO)c1)c1cc(O)c(Cc2ccc([C@H](CO)C3CC3)s2)c(=O)o1. The summed E-state index contributed by atoms with van der Waals surface area (Å²) in [5.41, 5.74) is 1.66. The van der Waals surface area contributed by atoms with Crippen LogP contribution in [-0.4, -0.2) is 21.9 Å². The molecule has 0 spiro atoms. The lowest BCUT2D eigenvalue weighted by Gasteiger charge is -2.15. The van der Waals surface area contributed by atoms with Gasteiger partial charge in [-0.25, -0.2) is 4.79 Å². The molecule has 0 radical (unpaired) electrons. The second-order valence-electron chi connectivity index (χ2n) is 8.69. The van der Waals surface area contributed by atoms with Gasteiger partial charge in [-0.05, 0) is 54.9 Å². The molecule has 4 rings (SSSR count). The van der Waals surface area contributed by atoms with Gasteiger partial charge in [0, 0.05) is 34.1 Å². The predicted molar refractivity (Wildman–Crippen MR) is 125 cm³/mol. The molecule has 2 heterocycles. The summed E-state index contributed by atoms with van der Waals surface area (Å²) in [6.45, 7) is 2.15. The largest absolute Gasteiger partial charge is 0.507 e. The summed E-state index contributed by atoms with van der Waals surface area (Å²) < 4.78 is 5.67. The van der Waals surface area contributed by atoms with Crippen molar-refractivity contribution in [1.29, 1.82) is 0 Å². The lowest BCUT2D eigenvalue weighted by atomic mass is 9.93. The molecule has 1 aromatic carbocycles.